The molecule has 0 radical (unpaired) electrons. The largest absolute Gasteiger partial charge is 0.310 e. The summed E-state index contributed by atoms with van der Waals surface area (Å²) in [7, 11) is 0. The zero-order valence-electron chi connectivity index (χ0n) is 13.1. The van der Waals surface area contributed by atoms with Gasteiger partial charge in [-0.2, -0.15) is 0 Å². The Balaban J connectivity index is 1.78. The number of carbonyl (C=O) groups is 1. The third-order valence-electron chi connectivity index (χ3n) is 4.22. The highest BCUT2D eigenvalue weighted by Crippen LogP contribution is 2.37. The smallest absolute Gasteiger partial charge is 0.226 e. The minimum atomic E-state index is -0.0254. The van der Waals surface area contributed by atoms with Gasteiger partial charge >= 0.3 is 0 Å². The monoisotopic (exact) mass is 336 g/mol. The molecule has 0 unspecified atom stereocenters. The summed E-state index contributed by atoms with van der Waals surface area (Å²) in [6.07, 6.45) is 7.69. The van der Waals surface area contributed by atoms with Crippen molar-refractivity contribution in [3.05, 3.63) is 66.4 Å². The number of fused-ring (bicyclic) bond motifs is 1. The second kappa shape index (κ2) is 6.13. The van der Waals surface area contributed by atoms with Crippen LogP contribution in [0.3, 0.4) is 0 Å². The topological polar surface area (TPSA) is 59.8 Å². The maximum atomic E-state index is 12.2. The molecule has 0 bridgehead atoms. The van der Waals surface area contributed by atoms with E-state index in [2.05, 4.69) is 45.8 Å². The van der Waals surface area contributed by atoms with E-state index < -0.39 is 0 Å². The number of nitrogens with one attached hydrogen (secondary N) is 1. The molecule has 0 fully saturated rings. The first kappa shape index (κ1) is 15.0. The van der Waals surface area contributed by atoms with E-state index in [1.165, 1.54) is 4.90 Å². The zero-order chi connectivity index (χ0) is 16.5. The van der Waals surface area contributed by atoms with E-state index in [0.29, 0.717) is 6.42 Å². The number of benzene rings is 1. The number of hydrogen-bond donors (Lipinski definition) is 1. The Bertz CT molecular complexity index is 874. The van der Waals surface area contributed by atoms with Gasteiger partial charge in [-0.25, -0.2) is 4.98 Å². The molecule has 0 saturated heterocycles. The summed E-state index contributed by atoms with van der Waals surface area (Å²) in [6.45, 7) is 0. The molecule has 0 aliphatic carbocycles. The number of imidazole rings is 1. The van der Waals surface area contributed by atoms with Crippen LogP contribution in [0.4, 0.5) is 5.82 Å². The van der Waals surface area contributed by atoms with Gasteiger partial charge in [0.05, 0.1) is 17.6 Å². The molecule has 5 nitrogen and oxygen atoms in total. The van der Waals surface area contributed by atoms with Crippen LogP contribution in [0, 0.1) is 0 Å². The van der Waals surface area contributed by atoms with Gasteiger partial charge in [0.15, 0.2) is 0 Å². The molecule has 1 aromatic carbocycles. The molecule has 120 valence electrons. The Hall–Kier alpha value is -2.60. The van der Waals surface area contributed by atoms with Crippen molar-refractivity contribution in [2.75, 3.05) is 11.6 Å². The second-order valence-corrected chi connectivity index (χ2v) is 6.52. The van der Waals surface area contributed by atoms with Crippen LogP contribution >= 0.6 is 11.8 Å². The predicted octanol–water partition coefficient (Wildman–Crippen LogP) is 3.46. The third-order valence-corrected chi connectivity index (χ3v) is 4.96. The summed E-state index contributed by atoms with van der Waals surface area (Å²) >= 11 is 1.71. The van der Waals surface area contributed by atoms with E-state index in [0.717, 1.165) is 22.8 Å². The Morgan fingerprint density at radius 1 is 1.25 bits per heavy atom. The molecule has 3 heterocycles. The van der Waals surface area contributed by atoms with Crippen LogP contribution in [0.25, 0.3) is 5.69 Å². The Morgan fingerprint density at radius 3 is 2.79 bits per heavy atom. The normalized spacial score (nSPS) is 16.5. The molecule has 0 saturated carbocycles. The lowest BCUT2D eigenvalue weighted by Gasteiger charge is -2.23. The number of rotatable bonds is 3. The number of anilines is 1. The molecule has 2 aromatic heterocycles. The lowest BCUT2D eigenvalue weighted by Crippen LogP contribution is -2.24. The van der Waals surface area contributed by atoms with Crippen molar-refractivity contribution in [2.45, 2.75) is 17.2 Å². The van der Waals surface area contributed by atoms with Gasteiger partial charge in [0.2, 0.25) is 5.91 Å². The highest BCUT2D eigenvalue weighted by molar-refractivity contribution is 7.98. The lowest BCUT2D eigenvalue weighted by atomic mass is 9.90. The van der Waals surface area contributed by atoms with Gasteiger partial charge in [0.25, 0.3) is 0 Å². The third kappa shape index (κ3) is 2.59. The second-order valence-electron chi connectivity index (χ2n) is 5.64. The Morgan fingerprint density at radius 2 is 2.08 bits per heavy atom. The van der Waals surface area contributed by atoms with Crippen LogP contribution in [-0.4, -0.2) is 26.7 Å². The van der Waals surface area contributed by atoms with E-state index in [9.17, 15) is 4.79 Å². The first-order valence-electron chi connectivity index (χ1n) is 7.67. The number of carbonyl (C=O) groups excluding carboxylic acids is 1. The molecule has 24 heavy (non-hydrogen) atoms. The fourth-order valence-corrected chi connectivity index (χ4v) is 3.42. The average molecular weight is 336 g/mol. The van der Waals surface area contributed by atoms with Crippen LogP contribution < -0.4 is 5.32 Å². The zero-order valence-corrected chi connectivity index (χ0v) is 14.0. The van der Waals surface area contributed by atoms with Gasteiger partial charge in [0, 0.05) is 23.4 Å². The molecule has 1 aliphatic rings. The molecule has 1 aliphatic heterocycles. The first-order chi connectivity index (χ1) is 11.8. The van der Waals surface area contributed by atoms with Crippen LogP contribution in [0.1, 0.15) is 23.6 Å². The molecule has 0 spiro atoms. The SMILES string of the molecule is CSc1ccc([C@H]2CC(=O)Nc3c2ncn3-c2cccnc2)cc1. The standard InChI is InChI=1S/C18H16N4OS/c1-24-14-6-4-12(5-7-14)15-9-16(23)21-18-17(15)20-11-22(18)13-3-2-8-19-10-13/h2-8,10-11,15H,9H2,1H3,(H,21,23)/t15-/m1/s1. The summed E-state index contributed by atoms with van der Waals surface area (Å²) in [6, 6.07) is 12.2. The van der Waals surface area contributed by atoms with E-state index >= 15 is 0 Å². The van der Waals surface area contributed by atoms with E-state index in [1.54, 1.807) is 30.5 Å². The fourth-order valence-electron chi connectivity index (χ4n) is 3.01. The number of aromatic nitrogens is 3. The summed E-state index contributed by atoms with van der Waals surface area (Å²) in [4.78, 5) is 22.2. The van der Waals surface area contributed by atoms with Gasteiger partial charge in [-0.1, -0.05) is 12.1 Å². The maximum Gasteiger partial charge on any atom is 0.226 e. The van der Waals surface area contributed by atoms with Gasteiger partial charge < -0.3 is 5.32 Å². The first-order valence-corrected chi connectivity index (χ1v) is 8.90. The van der Waals surface area contributed by atoms with Crippen LogP contribution in [0.15, 0.2) is 60.0 Å². The molecular formula is C18H16N4OS. The van der Waals surface area contributed by atoms with E-state index in [-0.39, 0.29) is 11.8 Å². The quantitative estimate of drug-likeness (QED) is 0.744. The number of thioether (sulfide) groups is 1. The van der Waals surface area contributed by atoms with Crippen molar-refractivity contribution in [1.82, 2.24) is 14.5 Å². The van der Waals surface area contributed by atoms with Crippen LogP contribution in [-0.2, 0) is 4.79 Å². The number of nitrogens with zero attached hydrogens (tertiary/aromatic N) is 3. The van der Waals surface area contributed by atoms with Crippen molar-refractivity contribution in [1.29, 1.82) is 0 Å². The molecular weight excluding hydrogens is 320 g/mol. The van der Waals surface area contributed by atoms with E-state index in [4.69, 9.17) is 0 Å². The molecule has 1 atom stereocenters. The van der Waals surface area contributed by atoms with Gasteiger partial charge in [-0.15, -0.1) is 11.8 Å². The number of amides is 1. The predicted molar refractivity (Wildman–Crippen MR) is 94.7 cm³/mol. The minimum absolute atomic E-state index is 0.00656. The molecule has 1 amide bonds. The van der Waals surface area contributed by atoms with Crippen LogP contribution in [0.5, 0.6) is 0 Å². The van der Waals surface area contributed by atoms with Gasteiger partial charge in [-0.3, -0.25) is 14.3 Å². The van der Waals surface area contributed by atoms with E-state index in [1.807, 2.05) is 16.7 Å². The number of pyridine rings is 1. The highest BCUT2D eigenvalue weighted by Gasteiger charge is 2.30. The fraction of sp³-hybridized carbons (Fsp3) is 0.167. The van der Waals surface area contributed by atoms with Crippen LogP contribution in [0.2, 0.25) is 0 Å². The summed E-state index contributed by atoms with van der Waals surface area (Å²) in [5.74, 6) is 0.716. The summed E-state index contributed by atoms with van der Waals surface area (Å²) < 4.78 is 1.88. The average Bonchev–Trinajstić information content (AvgIpc) is 3.05. The maximum absolute atomic E-state index is 12.2. The number of hydrogen-bond acceptors (Lipinski definition) is 4. The summed E-state index contributed by atoms with van der Waals surface area (Å²) in [5.41, 5.74) is 2.89. The van der Waals surface area contributed by atoms with Crippen molar-refractivity contribution >= 4 is 23.5 Å². The molecule has 6 heteroatoms. The molecule has 3 aromatic rings. The van der Waals surface area contributed by atoms with Gasteiger partial charge in [-0.05, 0) is 36.1 Å². The molecule has 4 rings (SSSR count). The van der Waals surface area contributed by atoms with Crippen molar-refractivity contribution in [3.8, 4) is 5.69 Å². The summed E-state index contributed by atoms with van der Waals surface area (Å²) in [5, 5.41) is 2.96. The van der Waals surface area contributed by atoms with Crippen molar-refractivity contribution in [2.24, 2.45) is 0 Å². The lowest BCUT2D eigenvalue weighted by molar-refractivity contribution is -0.116. The van der Waals surface area contributed by atoms with Crippen molar-refractivity contribution in [3.63, 3.8) is 0 Å². The van der Waals surface area contributed by atoms with Gasteiger partial charge in [0.1, 0.15) is 12.1 Å². The minimum Gasteiger partial charge on any atom is -0.310 e. The molecule has 1 N–H and O–H groups in total. The Kier molecular flexibility index (Phi) is 3.82. The Labute approximate surface area is 144 Å². The highest BCUT2D eigenvalue weighted by atomic mass is 32.2. The van der Waals surface area contributed by atoms with Crippen molar-refractivity contribution < 1.29 is 4.79 Å².